The lowest BCUT2D eigenvalue weighted by Gasteiger charge is -2.12. The van der Waals surface area contributed by atoms with Gasteiger partial charge in [0.2, 0.25) is 0 Å². The van der Waals surface area contributed by atoms with Crippen molar-refractivity contribution in [1.29, 1.82) is 0 Å². The fourth-order valence-electron chi connectivity index (χ4n) is 3.13. The van der Waals surface area contributed by atoms with Crippen molar-refractivity contribution >= 4 is 53.9 Å². The first-order valence-electron chi connectivity index (χ1n) is 8.64. The highest BCUT2D eigenvalue weighted by atomic mass is 35.5. The zero-order valence-electron chi connectivity index (χ0n) is 16.2. The van der Waals surface area contributed by atoms with Crippen molar-refractivity contribution in [3.63, 3.8) is 0 Å². The van der Waals surface area contributed by atoms with Crippen LogP contribution in [0.1, 0.15) is 16.8 Å². The SMILES string of the molecule is Cc1cc(N)nc2cc(-c3ccc(OCc4cocn4)c(CN)c3)ccc12.Cl.Cl.Cl. The second-order valence-corrected chi connectivity index (χ2v) is 6.39. The van der Waals surface area contributed by atoms with Crippen molar-refractivity contribution in [2.45, 2.75) is 20.1 Å². The molecule has 0 fully saturated rings. The number of pyridine rings is 1. The third-order valence-corrected chi connectivity index (χ3v) is 4.51. The van der Waals surface area contributed by atoms with Crippen LogP contribution in [0.25, 0.3) is 22.0 Å². The van der Waals surface area contributed by atoms with Crippen LogP contribution in [0.4, 0.5) is 5.82 Å². The highest BCUT2D eigenvalue weighted by molar-refractivity contribution is 5.88. The monoisotopic (exact) mass is 468 g/mol. The molecule has 6 nitrogen and oxygen atoms in total. The number of benzene rings is 2. The standard InChI is InChI=1S/C21H20N4O2.3ClH/c1-13-6-21(23)25-19-8-15(2-4-18(13)19)14-3-5-20(16(7-14)9-22)27-11-17-10-26-12-24-17;;;/h2-8,10,12H,9,11,22H2,1H3,(H2,23,25);3*1H. The fraction of sp³-hybridized carbons (Fsp3) is 0.143. The summed E-state index contributed by atoms with van der Waals surface area (Å²) in [4.78, 5) is 8.51. The number of halogens is 3. The zero-order chi connectivity index (χ0) is 18.8. The Labute approximate surface area is 193 Å². The molecule has 2 aromatic heterocycles. The highest BCUT2D eigenvalue weighted by Gasteiger charge is 2.09. The maximum absolute atomic E-state index is 5.93. The number of nitrogens with zero attached hydrogens (tertiary/aromatic N) is 2. The summed E-state index contributed by atoms with van der Waals surface area (Å²) in [7, 11) is 0. The number of aromatic nitrogens is 2. The van der Waals surface area contributed by atoms with E-state index >= 15 is 0 Å². The largest absolute Gasteiger partial charge is 0.487 e. The second kappa shape index (κ2) is 11.0. The van der Waals surface area contributed by atoms with Crippen LogP contribution in [0.2, 0.25) is 0 Å². The molecule has 0 aliphatic heterocycles. The van der Waals surface area contributed by atoms with Crippen LogP contribution in [0.15, 0.2) is 59.5 Å². The molecule has 2 aromatic carbocycles. The van der Waals surface area contributed by atoms with E-state index in [-0.39, 0.29) is 37.2 Å². The number of hydrogen-bond acceptors (Lipinski definition) is 6. The molecule has 160 valence electrons. The van der Waals surface area contributed by atoms with E-state index in [9.17, 15) is 0 Å². The molecule has 0 amide bonds. The van der Waals surface area contributed by atoms with Crippen LogP contribution in [-0.4, -0.2) is 9.97 Å². The molecule has 30 heavy (non-hydrogen) atoms. The van der Waals surface area contributed by atoms with Gasteiger partial charge in [0.1, 0.15) is 30.1 Å². The van der Waals surface area contributed by atoms with Crippen LogP contribution in [-0.2, 0) is 13.2 Å². The first-order valence-corrected chi connectivity index (χ1v) is 8.64. The Balaban J connectivity index is 0.00000150. The number of hydrogen-bond donors (Lipinski definition) is 2. The molecule has 4 rings (SSSR count). The minimum absolute atomic E-state index is 0. The third-order valence-electron chi connectivity index (χ3n) is 4.51. The number of anilines is 1. The number of oxazole rings is 1. The first kappa shape index (κ1) is 25.5. The Hall–Kier alpha value is -2.51. The summed E-state index contributed by atoms with van der Waals surface area (Å²) >= 11 is 0. The van der Waals surface area contributed by atoms with Gasteiger partial charge in [0.15, 0.2) is 6.39 Å². The summed E-state index contributed by atoms with van der Waals surface area (Å²) in [5.74, 6) is 1.26. The van der Waals surface area contributed by atoms with Gasteiger partial charge in [0, 0.05) is 17.5 Å². The van der Waals surface area contributed by atoms with Crippen LogP contribution < -0.4 is 16.2 Å². The minimum atomic E-state index is 0. The molecule has 0 aliphatic rings. The average Bonchev–Trinajstić information content (AvgIpc) is 3.19. The molecule has 2 heterocycles. The summed E-state index contributed by atoms with van der Waals surface area (Å²) in [5, 5.41) is 1.10. The van der Waals surface area contributed by atoms with E-state index in [1.165, 1.54) is 6.39 Å². The highest BCUT2D eigenvalue weighted by Crippen LogP contribution is 2.30. The van der Waals surface area contributed by atoms with Gasteiger partial charge in [-0.3, -0.25) is 0 Å². The summed E-state index contributed by atoms with van der Waals surface area (Å²) in [6.45, 7) is 2.74. The fourth-order valence-corrected chi connectivity index (χ4v) is 3.13. The summed E-state index contributed by atoms with van der Waals surface area (Å²) in [5.41, 5.74) is 17.6. The molecular formula is C21H23Cl3N4O2. The van der Waals surface area contributed by atoms with Crippen LogP contribution in [0.5, 0.6) is 5.75 Å². The number of rotatable bonds is 5. The summed E-state index contributed by atoms with van der Waals surface area (Å²) in [6, 6.07) is 14.1. The number of aryl methyl sites for hydroxylation is 1. The van der Waals surface area contributed by atoms with E-state index in [0.717, 1.165) is 44.6 Å². The van der Waals surface area contributed by atoms with Crippen LogP contribution in [0.3, 0.4) is 0 Å². The normalized spacial score (nSPS) is 9.93. The van der Waals surface area contributed by atoms with Crippen molar-refractivity contribution in [2.24, 2.45) is 5.73 Å². The van der Waals surface area contributed by atoms with Crippen molar-refractivity contribution in [3.8, 4) is 16.9 Å². The van der Waals surface area contributed by atoms with Gasteiger partial charge in [-0.2, -0.15) is 0 Å². The molecule has 0 saturated heterocycles. The maximum atomic E-state index is 5.93. The molecule has 0 radical (unpaired) electrons. The van der Waals surface area contributed by atoms with Gasteiger partial charge in [0.05, 0.1) is 5.52 Å². The Morgan fingerprint density at radius 3 is 2.43 bits per heavy atom. The quantitative estimate of drug-likeness (QED) is 0.422. The molecule has 0 aliphatic carbocycles. The molecular weight excluding hydrogens is 447 g/mol. The topological polar surface area (TPSA) is 100 Å². The van der Waals surface area contributed by atoms with E-state index in [2.05, 4.69) is 22.1 Å². The molecule has 0 saturated carbocycles. The van der Waals surface area contributed by atoms with E-state index in [1.807, 2.05) is 37.3 Å². The predicted molar refractivity (Wildman–Crippen MR) is 127 cm³/mol. The average molecular weight is 470 g/mol. The molecule has 9 heteroatoms. The lowest BCUT2D eigenvalue weighted by atomic mass is 9.99. The lowest BCUT2D eigenvalue weighted by Crippen LogP contribution is -2.03. The molecule has 0 spiro atoms. The maximum Gasteiger partial charge on any atom is 0.180 e. The van der Waals surface area contributed by atoms with E-state index in [4.69, 9.17) is 20.6 Å². The van der Waals surface area contributed by atoms with Crippen molar-refractivity contribution < 1.29 is 9.15 Å². The first-order chi connectivity index (χ1) is 13.1. The zero-order valence-corrected chi connectivity index (χ0v) is 18.7. The molecule has 0 unspecified atom stereocenters. The third kappa shape index (κ3) is 5.34. The predicted octanol–water partition coefficient (Wildman–Crippen LogP) is 5.08. The molecule has 4 N–H and O–H groups in total. The number of nitrogens with two attached hydrogens (primary N) is 2. The van der Waals surface area contributed by atoms with Gasteiger partial charge in [-0.1, -0.05) is 18.2 Å². The Kier molecular flexibility index (Phi) is 9.39. The number of nitrogen functional groups attached to an aromatic ring is 1. The Morgan fingerprint density at radius 1 is 1.00 bits per heavy atom. The minimum Gasteiger partial charge on any atom is -0.487 e. The second-order valence-electron chi connectivity index (χ2n) is 6.39. The van der Waals surface area contributed by atoms with E-state index in [1.54, 1.807) is 6.26 Å². The van der Waals surface area contributed by atoms with Crippen LogP contribution in [0, 0.1) is 6.92 Å². The number of fused-ring (bicyclic) bond motifs is 1. The van der Waals surface area contributed by atoms with Crippen molar-refractivity contribution in [1.82, 2.24) is 9.97 Å². The smallest absolute Gasteiger partial charge is 0.180 e. The van der Waals surface area contributed by atoms with E-state index < -0.39 is 0 Å². The van der Waals surface area contributed by atoms with Gasteiger partial charge in [0.25, 0.3) is 0 Å². The van der Waals surface area contributed by atoms with Crippen LogP contribution >= 0.6 is 37.2 Å². The Morgan fingerprint density at radius 2 is 1.73 bits per heavy atom. The molecule has 0 bridgehead atoms. The van der Waals surface area contributed by atoms with Gasteiger partial charge in [-0.25, -0.2) is 9.97 Å². The summed E-state index contributed by atoms with van der Waals surface area (Å²) < 4.78 is 10.8. The van der Waals surface area contributed by atoms with Gasteiger partial charge >= 0.3 is 0 Å². The van der Waals surface area contributed by atoms with Gasteiger partial charge in [-0.15, -0.1) is 37.2 Å². The number of ether oxygens (including phenoxy) is 1. The van der Waals surface area contributed by atoms with Gasteiger partial charge in [-0.05, 0) is 47.9 Å². The van der Waals surface area contributed by atoms with Crippen molar-refractivity contribution in [2.75, 3.05) is 5.73 Å². The molecule has 0 atom stereocenters. The lowest BCUT2D eigenvalue weighted by molar-refractivity contribution is 0.298. The van der Waals surface area contributed by atoms with E-state index in [0.29, 0.717) is 19.0 Å². The molecule has 4 aromatic rings. The summed E-state index contributed by atoms with van der Waals surface area (Å²) in [6.07, 6.45) is 2.94. The van der Waals surface area contributed by atoms with Gasteiger partial charge < -0.3 is 20.6 Å². The Bertz CT molecular complexity index is 1110. The van der Waals surface area contributed by atoms with Crippen molar-refractivity contribution in [3.05, 3.63) is 71.9 Å².